The largest absolute Gasteiger partial charge is 0.492 e. The Bertz CT molecular complexity index is 701. The molecule has 7 heteroatoms. The molecule has 2 aromatic rings. The number of aryl methyl sites for hydroxylation is 1. The van der Waals surface area contributed by atoms with E-state index in [9.17, 15) is 0 Å². The third-order valence-corrected chi connectivity index (χ3v) is 3.52. The molecule has 0 aliphatic rings. The van der Waals surface area contributed by atoms with Crippen LogP contribution in [0.3, 0.4) is 0 Å². The number of hydrogen-bond donors (Lipinski definition) is 2. The fraction of sp³-hybridized carbons (Fsp3) is 0.526. The zero-order valence-electron chi connectivity index (χ0n) is 16.3. The van der Waals surface area contributed by atoms with E-state index in [0.717, 1.165) is 12.3 Å². The van der Waals surface area contributed by atoms with E-state index >= 15 is 0 Å². The number of aromatic nitrogens is 2. The second kappa shape index (κ2) is 9.22. The van der Waals surface area contributed by atoms with Crippen molar-refractivity contribution in [3.05, 3.63) is 41.5 Å². The number of guanidine groups is 1. The van der Waals surface area contributed by atoms with E-state index in [1.807, 2.05) is 52.0 Å². The highest BCUT2D eigenvalue weighted by Gasteiger charge is 2.21. The van der Waals surface area contributed by atoms with E-state index < -0.39 is 0 Å². The molecular weight excluding hydrogens is 330 g/mol. The van der Waals surface area contributed by atoms with Gasteiger partial charge in [0.05, 0.1) is 6.54 Å². The molecule has 0 aliphatic heterocycles. The quantitative estimate of drug-likeness (QED) is 0.449. The molecule has 1 heterocycles. The Kier molecular flexibility index (Phi) is 7.00. The van der Waals surface area contributed by atoms with Gasteiger partial charge >= 0.3 is 0 Å². The predicted molar refractivity (Wildman–Crippen MR) is 102 cm³/mol. The van der Waals surface area contributed by atoms with Crippen molar-refractivity contribution in [1.29, 1.82) is 0 Å². The summed E-state index contributed by atoms with van der Waals surface area (Å²) in [6.45, 7) is 12.5. The Morgan fingerprint density at radius 2 is 1.92 bits per heavy atom. The van der Waals surface area contributed by atoms with Crippen molar-refractivity contribution in [3.63, 3.8) is 0 Å². The molecule has 142 valence electrons. The average Bonchev–Trinajstić information content (AvgIpc) is 3.07. The topological polar surface area (TPSA) is 84.6 Å². The highest BCUT2D eigenvalue weighted by molar-refractivity contribution is 5.79. The predicted octanol–water partition coefficient (Wildman–Crippen LogP) is 2.81. The number of ether oxygens (including phenoxy) is 1. The zero-order chi connectivity index (χ0) is 19.0. The molecule has 0 unspecified atom stereocenters. The standard InChI is InChI=1S/C19H29N5O2/c1-6-20-18(21-11-12-25-15-9-7-14(2)8-10-15)22-13-16-23-17(26-24-16)19(3,4)5/h7-10H,6,11-13H2,1-5H3,(H2,20,21,22). The minimum Gasteiger partial charge on any atom is -0.492 e. The van der Waals surface area contributed by atoms with Crippen molar-refractivity contribution in [2.24, 2.45) is 4.99 Å². The van der Waals surface area contributed by atoms with Gasteiger partial charge in [-0.25, -0.2) is 4.99 Å². The summed E-state index contributed by atoms with van der Waals surface area (Å²) in [6.07, 6.45) is 0. The third kappa shape index (κ3) is 6.38. The number of rotatable bonds is 7. The summed E-state index contributed by atoms with van der Waals surface area (Å²) in [4.78, 5) is 8.88. The van der Waals surface area contributed by atoms with Gasteiger partial charge in [-0.2, -0.15) is 4.98 Å². The summed E-state index contributed by atoms with van der Waals surface area (Å²) in [6, 6.07) is 8.01. The van der Waals surface area contributed by atoms with Crippen LogP contribution in [0.1, 0.15) is 45.0 Å². The van der Waals surface area contributed by atoms with Gasteiger partial charge in [0, 0.05) is 12.0 Å². The maximum absolute atomic E-state index is 5.71. The lowest BCUT2D eigenvalue weighted by molar-refractivity contribution is 0.318. The molecule has 0 bridgehead atoms. The van der Waals surface area contributed by atoms with Crippen LogP contribution in [0, 0.1) is 6.92 Å². The summed E-state index contributed by atoms with van der Waals surface area (Å²) >= 11 is 0. The molecule has 0 fully saturated rings. The lowest BCUT2D eigenvalue weighted by Crippen LogP contribution is -2.39. The van der Waals surface area contributed by atoms with Crippen LogP contribution in [0.15, 0.2) is 33.8 Å². The minimum absolute atomic E-state index is 0.162. The number of hydrogen-bond acceptors (Lipinski definition) is 5. The van der Waals surface area contributed by atoms with E-state index in [0.29, 0.717) is 37.4 Å². The van der Waals surface area contributed by atoms with E-state index in [4.69, 9.17) is 9.26 Å². The first-order valence-corrected chi connectivity index (χ1v) is 8.93. The molecule has 1 aromatic heterocycles. The molecule has 2 N–H and O–H groups in total. The Labute approximate surface area is 155 Å². The van der Waals surface area contributed by atoms with Gasteiger partial charge in [-0.15, -0.1) is 0 Å². The summed E-state index contributed by atoms with van der Waals surface area (Å²) in [7, 11) is 0. The molecule has 0 aliphatic carbocycles. The Balaban J connectivity index is 1.82. The van der Waals surface area contributed by atoms with Crippen LogP contribution in [0.5, 0.6) is 5.75 Å². The molecule has 7 nitrogen and oxygen atoms in total. The zero-order valence-corrected chi connectivity index (χ0v) is 16.3. The summed E-state index contributed by atoms with van der Waals surface area (Å²) in [5, 5.41) is 10.4. The second-order valence-electron chi connectivity index (χ2n) is 7.05. The van der Waals surface area contributed by atoms with E-state index in [2.05, 4.69) is 32.7 Å². The third-order valence-electron chi connectivity index (χ3n) is 3.52. The molecule has 0 atom stereocenters. The van der Waals surface area contributed by atoms with Crippen molar-refractivity contribution in [2.45, 2.75) is 46.6 Å². The Morgan fingerprint density at radius 1 is 1.19 bits per heavy atom. The van der Waals surface area contributed by atoms with Gasteiger partial charge in [0.25, 0.3) is 0 Å². The van der Waals surface area contributed by atoms with Crippen molar-refractivity contribution >= 4 is 5.96 Å². The van der Waals surface area contributed by atoms with Crippen LogP contribution in [0.4, 0.5) is 0 Å². The van der Waals surface area contributed by atoms with Crippen LogP contribution < -0.4 is 15.4 Å². The van der Waals surface area contributed by atoms with Crippen LogP contribution in [-0.4, -0.2) is 35.8 Å². The molecule has 2 rings (SSSR count). The normalized spacial score (nSPS) is 12.1. The van der Waals surface area contributed by atoms with Gasteiger partial charge in [-0.3, -0.25) is 0 Å². The van der Waals surface area contributed by atoms with Gasteiger partial charge < -0.3 is 19.9 Å². The van der Waals surface area contributed by atoms with E-state index in [1.54, 1.807) is 0 Å². The van der Waals surface area contributed by atoms with E-state index in [-0.39, 0.29) is 5.41 Å². The number of nitrogens with one attached hydrogen (secondary N) is 2. The number of benzene rings is 1. The highest BCUT2D eigenvalue weighted by Crippen LogP contribution is 2.19. The van der Waals surface area contributed by atoms with E-state index in [1.165, 1.54) is 5.56 Å². The second-order valence-corrected chi connectivity index (χ2v) is 7.05. The lowest BCUT2D eigenvalue weighted by Gasteiger charge is -2.12. The van der Waals surface area contributed by atoms with Crippen LogP contribution in [-0.2, 0) is 12.0 Å². The van der Waals surface area contributed by atoms with Crippen LogP contribution in [0.25, 0.3) is 0 Å². The average molecular weight is 359 g/mol. The van der Waals surface area contributed by atoms with Crippen LogP contribution >= 0.6 is 0 Å². The molecular formula is C19H29N5O2. The smallest absolute Gasteiger partial charge is 0.232 e. The first kappa shape index (κ1) is 19.8. The van der Waals surface area contributed by atoms with Crippen molar-refractivity contribution in [2.75, 3.05) is 19.7 Å². The fourth-order valence-electron chi connectivity index (χ4n) is 2.09. The van der Waals surface area contributed by atoms with Crippen molar-refractivity contribution in [3.8, 4) is 5.75 Å². The maximum atomic E-state index is 5.71. The number of nitrogens with zero attached hydrogens (tertiary/aromatic N) is 3. The SMILES string of the molecule is CCNC(=NCc1noc(C(C)(C)C)n1)NCCOc1ccc(C)cc1. The molecule has 0 spiro atoms. The summed E-state index contributed by atoms with van der Waals surface area (Å²) in [5.41, 5.74) is 1.05. The molecule has 26 heavy (non-hydrogen) atoms. The first-order chi connectivity index (χ1) is 12.4. The lowest BCUT2D eigenvalue weighted by atomic mass is 9.97. The fourth-order valence-corrected chi connectivity index (χ4v) is 2.09. The molecule has 1 aromatic carbocycles. The highest BCUT2D eigenvalue weighted by atomic mass is 16.5. The summed E-state index contributed by atoms with van der Waals surface area (Å²) in [5.74, 6) is 2.75. The first-order valence-electron chi connectivity index (χ1n) is 8.93. The van der Waals surface area contributed by atoms with Gasteiger partial charge in [0.15, 0.2) is 11.8 Å². The molecule has 0 saturated carbocycles. The Hall–Kier alpha value is -2.57. The van der Waals surface area contributed by atoms with Gasteiger partial charge in [0.1, 0.15) is 18.9 Å². The molecule has 0 saturated heterocycles. The monoisotopic (exact) mass is 359 g/mol. The number of aliphatic imine (C=N–C) groups is 1. The Morgan fingerprint density at radius 3 is 2.54 bits per heavy atom. The molecule has 0 amide bonds. The van der Waals surface area contributed by atoms with Crippen molar-refractivity contribution < 1.29 is 9.26 Å². The minimum atomic E-state index is -0.162. The van der Waals surface area contributed by atoms with Gasteiger partial charge in [-0.1, -0.05) is 43.6 Å². The molecule has 0 radical (unpaired) electrons. The summed E-state index contributed by atoms with van der Waals surface area (Å²) < 4.78 is 11.0. The van der Waals surface area contributed by atoms with Gasteiger partial charge in [-0.05, 0) is 26.0 Å². The van der Waals surface area contributed by atoms with Gasteiger partial charge in [0.2, 0.25) is 5.89 Å². The maximum Gasteiger partial charge on any atom is 0.232 e. The van der Waals surface area contributed by atoms with Crippen molar-refractivity contribution in [1.82, 2.24) is 20.8 Å². The van der Waals surface area contributed by atoms with Crippen LogP contribution in [0.2, 0.25) is 0 Å².